The summed E-state index contributed by atoms with van der Waals surface area (Å²) in [5.74, 6) is -1.05. The number of rotatable bonds is 4. The molecule has 0 radical (unpaired) electrons. The SMILES string of the molecule is CC(=O)c1ccc(C(=O)OC(C)C(=O)NC(C)(C)C)s1. The van der Waals surface area contributed by atoms with Crippen molar-refractivity contribution in [3.63, 3.8) is 0 Å². The normalized spacial score (nSPS) is 12.7. The predicted octanol–water partition coefficient (Wildman–Crippen LogP) is 2.41. The van der Waals surface area contributed by atoms with E-state index in [0.717, 1.165) is 11.3 Å². The number of Topliss-reactive ketones (excluding diaryl/α,β-unsaturated/α-hetero) is 1. The molecule has 1 heterocycles. The minimum absolute atomic E-state index is 0.104. The van der Waals surface area contributed by atoms with Gasteiger partial charge in [-0.05, 0) is 46.8 Å². The van der Waals surface area contributed by atoms with E-state index in [4.69, 9.17) is 4.74 Å². The molecule has 6 heteroatoms. The standard InChI is InChI=1S/C14H19NO4S/c1-8(16)10-6-7-11(20-10)13(18)19-9(2)12(17)15-14(3,4)5/h6-7,9H,1-5H3,(H,15,17). The summed E-state index contributed by atoms with van der Waals surface area (Å²) in [5, 5.41) is 2.73. The van der Waals surface area contributed by atoms with Crippen LogP contribution in [-0.4, -0.2) is 29.3 Å². The third-order valence-corrected chi connectivity index (χ3v) is 3.47. The predicted molar refractivity (Wildman–Crippen MR) is 77.1 cm³/mol. The topological polar surface area (TPSA) is 72.5 Å². The Hall–Kier alpha value is -1.69. The van der Waals surface area contributed by atoms with Crippen LogP contribution >= 0.6 is 11.3 Å². The van der Waals surface area contributed by atoms with Crippen molar-refractivity contribution in [2.45, 2.75) is 46.3 Å². The second kappa shape index (κ2) is 6.17. The number of carbonyl (C=O) groups excluding carboxylic acids is 3. The van der Waals surface area contributed by atoms with E-state index in [-0.39, 0.29) is 17.2 Å². The Kier molecular flexibility index (Phi) is 5.05. The van der Waals surface area contributed by atoms with E-state index in [1.165, 1.54) is 19.9 Å². The number of carbonyl (C=O) groups is 3. The van der Waals surface area contributed by atoms with E-state index >= 15 is 0 Å². The van der Waals surface area contributed by atoms with Gasteiger partial charge in [0.1, 0.15) is 4.88 Å². The summed E-state index contributed by atoms with van der Waals surface area (Å²) in [4.78, 5) is 35.6. The number of ketones is 1. The lowest BCUT2D eigenvalue weighted by Crippen LogP contribution is -2.46. The van der Waals surface area contributed by atoms with Crippen LogP contribution in [0.1, 0.15) is 54.0 Å². The van der Waals surface area contributed by atoms with Crippen LogP contribution in [0.2, 0.25) is 0 Å². The minimum atomic E-state index is -0.885. The van der Waals surface area contributed by atoms with Crippen molar-refractivity contribution in [1.82, 2.24) is 5.32 Å². The summed E-state index contributed by atoms with van der Waals surface area (Å²) in [7, 11) is 0. The Morgan fingerprint density at radius 2 is 1.75 bits per heavy atom. The molecule has 1 rings (SSSR count). The van der Waals surface area contributed by atoms with Crippen LogP contribution in [0.4, 0.5) is 0 Å². The van der Waals surface area contributed by atoms with Gasteiger partial charge in [-0.15, -0.1) is 11.3 Å². The average Bonchev–Trinajstić information content (AvgIpc) is 2.75. The number of nitrogens with one attached hydrogen (secondary N) is 1. The molecule has 1 N–H and O–H groups in total. The zero-order valence-electron chi connectivity index (χ0n) is 12.3. The van der Waals surface area contributed by atoms with Gasteiger partial charge in [-0.2, -0.15) is 0 Å². The van der Waals surface area contributed by atoms with Gasteiger partial charge in [-0.3, -0.25) is 9.59 Å². The molecular weight excluding hydrogens is 278 g/mol. The third kappa shape index (κ3) is 4.77. The summed E-state index contributed by atoms with van der Waals surface area (Å²) >= 11 is 1.06. The number of thiophene rings is 1. The smallest absolute Gasteiger partial charge is 0.349 e. The highest BCUT2D eigenvalue weighted by Crippen LogP contribution is 2.18. The zero-order chi connectivity index (χ0) is 15.5. The molecule has 0 aliphatic carbocycles. The van der Waals surface area contributed by atoms with Gasteiger partial charge in [0.2, 0.25) is 0 Å². The van der Waals surface area contributed by atoms with Crippen molar-refractivity contribution >= 4 is 29.0 Å². The maximum atomic E-state index is 11.9. The molecule has 0 aromatic carbocycles. The summed E-state index contributed by atoms with van der Waals surface area (Å²) in [6, 6.07) is 3.10. The molecule has 0 aliphatic rings. The number of esters is 1. The highest BCUT2D eigenvalue weighted by molar-refractivity contribution is 7.15. The average molecular weight is 297 g/mol. The lowest BCUT2D eigenvalue weighted by Gasteiger charge is -2.23. The lowest BCUT2D eigenvalue weighted by atomic mass is 10.1. The monoisotopic (exact) mass is 297 g/mol. The first-order chi connectivity index (χ1) is 9.10. The van der Waals surface area contributed by atoms with Crippen molar-refractivity contribution < 1.29 is 19.1 Å². The summed E-state index contributed by atoms with van der Waals surface area (Å²) in [6.07, 6.45) is -0.885. The maximum Gasteiger partial charge on any atom is 0.349 e. The van der Waals surface area contributed by atoms with Crippen LogP contribution in [0.25, 0.3) is 0 Å². The maximum absolute atomic E-state index is 11.9. The number of amides is 1. The van der Waals surface area contributed by atoms with Crippen LogP contribution in [0.5, 0.6) is 0 Å². The first-order valence-corrected chi connectivity index (χ1v) is 7.05. The Morgan fingerprint density at radius 1 is 1.20 bits per heavy atom. The molecule has 0 saturated carbocycles. The van der Waals surface area contributed by atoms with Crippen molar-refractivity contribution in [3.05, 3.63) is 21.9 Å². The molecule has 0 fully saturated rings. The van der Waals surface area contributed by atoms with Crippen LogP contribution in [0.3, 0.4) is 0 Å². The van der Waals surface area contributed by atoms with Gasteiger partial charge >= 0.3 is 5.97 Å². The summed E-state index contributed by atoms with van der Waals surface area (Å²) in [5.41, 5.74) is -0.386. The lowest BCUT2D eigenvalue weighted by molar-refractivity contribution is -0.130. The summed E-state index contributed by atoms with van der Waals surface area (Å²) in [6.45, 7) is 8.48. The molecule has 20 heavy (non-hydrogen) atoms. The first kappa shape index (κ1) is 16.4. The first-order valence-electron chi connectivity index (χ1n) is 6.24. The Morgan fingerprint density at radius 3 is 2.20 bits per heavy atom. The Bertz CT molecular complexity index is 528. The Balaban J connectivity index is 2.65. The zero-order valence-corrected chi connectivity index (χ0v) is 13.1. The Labute approximate surface area is 122 Å². The molecule has 0 bridgehead atoms. The van der Waals surface area contributed by atoms with Crippen molar-refractivity contribution in [1.29, 1.82) is 0 Å². The number of hydrogen-bond acceptors (Lipinski definition) is 5. The fraction of sp³-hybridized carbons (Fsp3) is 0.500. The van der Waals surface area contributed by atoms with Crippen molar-refractivity contribution in [3.8, 4) is 0 Å². The fourth-order valence-electron chi connectivity index (χ4n) is 1.38. The minimum Gasteiger partial charge on any atom is -0.448 e. The molecule has 1 aromatic rings. The number of ether oxygens (including phenoxy) is 1. The van der Waals surface area contributed by atoms with E-state index in [2.05, 4.69) is 5.32 Å². The molecule has 1 aromatic heterocycles. The third-order valence-electron chi connectivity index (χ3n) is 2.31. The van der Waals surface area contributed by atoms with Gasteiger partial charge in [0.15, 0.2) is 11.9 Å². The fourth-order valence-corrected chi connectivity index (χ4v) is 2.16. The molecule has 0 spiro atoms. The quantitative estimate of drug-likeness (QED) is 0.684. The van der Waals surface area contributed by atoms with E-state index in [1.54, 1.807) is 6.07 Å². The largest absolute Gasteiger partial charge is 0.448 e. The summed E-state index contributed by atoms with van der Waals surface area (Å²) < 4.78 is 5.09. The molecule has 0 saturated heterocycles. The van der Waals surface area contributed by atoms with Crippen LogP contribution in [0, 0.1) is 0 Å². The van der Waals surface area contributed by atoms with Gasteiger partial charge in [-0.1, -0.05) is 0 Å². The second-order valence-corrected chi connectivity index (χ2v) is 6.59. The highest BCUT2D eigenvalue weighted by atomic mass is 32.1. The van der Waals surface area contributed by atoms with E-state index in [1.807, 2.05) is 20.8 Å². The van der Waals surface area contributed by atoms with E-state index in [9.17, 15) is 14.4 Å². The van der Waals surface area contributed by atoms with Crippen LogP contribution in [-0.2, 0) is 9.53 Å². The van der Waals surface area contributed by atoms with E-state index in [0.29, 0.717) is 9.75 Å². The van der Waals surface area contributed by atoms with Gasteiger partial charge in [-0.25, -0.2) is 4.79 Å². The molecule has 5 nitrogen and oxygen atoms in total. The van der Waals surface area contributed by atoms with Crippen LogP contribution < -0.4 is 5.32 Å². The molecule has 110 valence electrons. The van der Waals surface area contributed by atoms with Gasteiger partial charge in [0.05, 0.1) is 4.88 Å². The molecule has 1 atom stereocenters. The van der Waals surface area contributed by atoms with Crippen molar-refractivity contribution in [2.24, 2.45) is 0 Å². The van der Waals surface area contributed by atoms with Gasteiger partial charge in [0.25, 0.3) is 5.91 Å². The van der Waals surface area contributed by atoms with Crippen LogP contribution in [0.15, 0.2) is 12.1 Å². The van der Waals surface area contributed by atoms with Gasteiger partial charge in [0, 0.05) is 5.54 Å². The molecule has 1 unspecified atom stereocenters. The van der Waals surface area contributed by atoms with Crippen molar-refractivity contribution in [2.75, 3.05) is 0 Å². The molecule has 1 amide bonds. The van der Waals surface area contributed by atoms with E-state index < -0.39 is 12.1 Å². The number of hydrogen-bond donors (Lipinski definition) is 1. The second-order valence-electron chi connectivity index (χ2n) is 5.51. The molecule has 0 aliphatic heterocycles. The van der Waals surface area contributed by atoms with Gasteiger partial charge < -0.3 is 10.1 Å². The highest BCUT2D eigenvalue weighted by Gasteiger charge is 2.23. The molecular formula is C14H19NO4S.